The quantitative estimate of drug-likeness (QED) is 0.144. The number of ether oxygens (including phenoxy) is 4. The van der Waals surface area contributed by atoms with Crippen molar-refractivity contribution >= 4 is 5.97 Å². The predicted octanol–water partition coefficient (Wildman–Crippen LogP) is 7.15. The van der Waals surface area contributed by atoms with Crippen molar-refractivity contribution in [2.24, 2.45) is 0 Å². The Morgan fingerprint density at radius 2 is 1.24 bits per heavy atom. The van der Waals surface area contributed by atoms with E-state index in [0.717, 1.165) is 30.1 Å². The molecule has 0 fully saturated rings. The molecular formula is C28H40O5. The number of esters is 1. The minimum Gasteiger partial charge on any atom is -0.497 e. The number of rotatable bonds is 17. The fourth-order valence-electron chi connectivity index (χ4n) is 3.66. The van der Waals surface area contributed by atoms with E-state index in [9.17, 15) is 4.79 Å². The highest BCUT2D eigenvalue weighted by Gasteiger charge is 2.11. The van der Waals surface area contributed by atoms with Crippen molar-refractivity contribution in [3.8, 4) is 17.2 Å². The van der Waals surface area contributed by atoms with Crippen LogP contribution in [0, 0.1) is 6.92 Å². The van der Waals surface area contributed by atoms with Crippen LogP contribution >= 0.6 is 0 Å². The van der Waals surface area contributed by atoms with Crippen molar-refractivity contribution in [2.45, 2.75) is 71.1 Å². The lowest BCUT2D eigenvalue weighted by Crippen LogP contribution is -2.09. The van der Waals surface area contributed by atoms with Gasteiger partial charge in [-0.15, -0.1) is 0 Å². The highest BCUT2D eigenvalue weighted by atomic mass is 16.5. The number of aryl methyl sites for hydroxylation is 1. The third-order valence-electron chi connectivity index (χ3n) is 5.69. The van der Waals surface area contributed by atoms with Crippen LogP contribution in [-0.4, -0.2) is 33.4 Å². The molecule has 2 aromatic rings. The Kier molecular flexibility index (Phi) is 13.1. The maximum Gasteiger partial charge on any atom is 0.343 e. The number of hydrogen-bond acceptors (Lipinski definition) is 5. The Bertz CT molecular complexity index is 800. The van der Waals surface area contributed by atoms with Crippen LogP contribution in [0.25, 0.3) is 0 Å². The first-order valence-electron chi connectivity index (χ1n) is 12.2. The van der Waals surface area contributed by atoms with E-state index in [-0.39, 0.29) is 5.97 Å². The molecule has 0 heterocycles. The topological polar surface area (TPSA) is 54.0 Å². The van der Waals surface area contributed by atoms with E-state index in [1.54, 1.807) is 38.5 Å². The summed E-state index contributed by atoms with van der Waals surface area (Å²) in [7, 11) is 3.38. The SMILES string of the molecule is COCCCCCCCCCCCCOc1ccc(C(=O)Oc2ccc(OC)cc2C)cc1. The van der Waals surface area contributed by atoms with Crippen LogP contribution in [0.5, 0.6) is 17.2 Å². The first-order valence-corrected chi connectivity index (χ1v) is 12.2. The van der Waals surface area contributed by atoms with Crippen LogP contribution in [0.15, 0.2) is 42.5 Å². The minimum absolute atomic E-state index is 0.384. The molecule has 0 aliphatic carbocycles. The Labute approximate surface area is 199 Å². The maximum absolute atomic E-state index is 12.4. The highest BCUT2D eigenvalue weighted by Crippen LogP contribution is 2.24. The predicted molar refractivity (Wildman–Crippen MR) is 133 cm³/mol. The molecule has 0 aliphatic heterocycles. The van der Waals surface area contributed by atoms with Gasteiger partial charge in [0.25, 0.3) is 0 Å². The number of methoxy groups -OCH3 is 2. The summed E-state index contributed by atoms with van der Waals surface area (Å²) in [5, 5.41) is 0. The summed E-state index contributed by atoms with van der Waals surface area (Å²) in [6, 6.07) is 12.5. The second-order valence-corrected chi connectivity index (χ2v) is 8.42. The van der Waals surface area contributed by atoms with Crippen molar-refractivity contribution in [1.29, 1.82) is 0 Å². The van der Waals surface area contributed by atoms with Gasteiger partial charge < -0.3 is 18.9 Å². The molecular weight excluding hydrogens is 416 g/mol. The zero-order chi connectivity index (χ0) is 23.7. The molecule has 2 rings (SSSR count). The summed E-state index contributed by atoms with van der Waals surface area (Å²) in [5.41, 5.74) is 1.34. The van der Waals surface area contributed by atoms with Crippen LogP contribution in [0.3, 0.4) is 0 Å². The molecule has 0 amide bonds. The summed E-state index contributed by atoms with van der Waals surface area (Å²) in [6.07, 6.45) is 12.6. The largest absolute Gasteiger partial charge is 0.497 e. The van der Waals surface area contributed by atoms with Crippen LogP contribution < -0.4 is 14.2 Å². The number of unbranched alkanes of at least 4 members (excludes halogenated alkanes) is 9. The average molecular weight is 457 g/mol. The monoisotopic (exact) mass is 456 g/mol. The van der Waals surface area contributed by atoms with Gasteiger partial charge in [-0.3, -0.25) is 0 Å². The minimum atomic E-state index is -0.384. The lowest BCUT2D eigenvalue weighted by atomic mass is 10.1. The number of hydrogen-bond donors (Lipinski definition) is 0. The normalized spacial score (nSPS) is 10.8. The second kappa shape index (κ2) is 16.1. The lowest BCUT2D eigenvalue weighted by molar-refractivity contribution is 0.0733. The first-order chi connectivity index (χ1) is 16.1. The summed E-state index contributed by atoms with van der Waals surface area (Å²) >= 11 is 0. The van der Waals surface area contributed by atoms with E-state index in [1.807, 2.05) is 25.1 Å². The molecule has 0 saturated heterocycles. The van der Waals surface area contributed by atoms with Gasteiger partial charge in [-0.2, -0.15) is 0 Å². The van der Waals surface area contributed by atoms with E-state index in [1.165, 1.54) is 57.8 Å². The molecule has 0 bridgehead atoms. The molecule has 182 valence electrons. The van der Waals surface area contributed by atoms with Crippen molar-refractivity contribution in [3.63, 3.8) is 0 Å². The zero-order valence-corrected chi connectivity index (χ0v) is 20.6. The van der Waals surface area contributed by atoms with Crippen molar-refractivity contribution in [2.75, 3.05) is 27.4 Å². The third-order valence-corrected chi connectivity index (χ3v) is 5.69. The van der Waals surface area contributed by atoms with Crippen LogP contribution in [0.4, 0.5) is 0 Å². The van der Waals surface area contributed by atoms with Gasteiger partial charge in [-0.1, -0.05) is 51.4 Å². The molecule has 0 aromatic heterocycles. The van der Waals surface area contributed by atoms with Crippen molar-refractivity contribution in [3.05, 3.63) is 53.6 Å². The number of carbonyl (C=O) groups excluding carboxylic acids is 1. The molecule has 2 aromatic carbocycles. The molecule has 0 unspecified atom stereocenters. The second-order valence-electron chi connectivity index (χ2n) is 8.42. The molecule has 5 heteroatoms. The van der Waals surface area contributed by atoms with Gasteiger partial charge in [0.1, 0.15) is 17.2 Å². The van der Waals surface area contributed by atoms with E-state index >= 15 is 0 Å². The first kappa shape index (κ1) is 26.7. The molecule has 0 spiro atoms. The van der Waals surface area contributed by atoms with E-state index in [0.29, 0.717) is 17.9 Å². The fourth-order valence-corrected chi connectivity index (χ4v) is 3.66. The summed E-state index contributed by atoms with van der Waals surface area (Å²) in [6.45, 7) is 3.48. The summed E-state index contributed by atoms with van der Waals surface area (Å²) in [5.74, 6) is 1.66. The summed E-state index contributed by atoms with van der Waals surface area (Å²) in [4.78, 5) is 12.4. The van der Waals surface area contributed by atoms with Gasteiger partial charge in [0.2, 0.25) is 0 Å². The zero-order valence-electron chi connectivity index (χ0n) is 20.6. The van der Waals surface area contributed by atoms with Gasteiger partial charge in [-0.25, -0.2) is 4.79 Å². The van der Waals surface area contributed by atoms with E-state index in [4.69, 9.17) is 18.9 Å². The van der Waals surface area contributed by atoms with Crippen molar-refractivity contribution in [1.82, 2.24) is 0 Å². The Morgan fingerprint density at radius 3 is 1.79 bits per heavy atom. The molecule has 0 radical (unpaired) electrons. The van der Waals surface area contributed by atoms with Crippen molar-refractivity contribution < 1.29 is 23.7 Å². The van der Waals surface area contributed by atoms with Gasteiger partial charge in [0.05, 0.1) is 19.3 Å². The molecule has 0 aliphatic rings. The Morgan fingerprint density at radius 1 is 0.697 bits per heavy atom. The Hall–Kier alpha value is -2.53. The molecule has 33 heavy (non-hydrogen) atoms. The maximum atomic E-state index is 12.4. The smallest absolute Gasteiger partial charge is 0.343 e. The molecule has 0 N–H and O–H groups in total. The van der Waals surface area contributed by atoms with Crippen LogP contribution in [0.2, 0.25) is 0 Å². The molecule has 0 atom stereocenters. The summed E-state index contributed by atoms with van der Waals surface area (Å²) < 4.78 is 21.6. The Balaban J connectivity index is 1.56. The average Bonchev–Trinajstić information content (AvgIpc) is 2.83. The van der Waals surface area contributed by atoms with Gasteiger partial charge in [0.15, 0.2) is 0 Å². The van der Waals surface area contributed by atoms with Gasteiger partial charge in [-0.05, 0) is 67.8 Å². The molecule has 0 saturated carbocycles. The number of benzene rings is 2. The highest BCUT2D eigenvalue weighted by molar-refractivity contribution is 5.91. The van der Waals surface area contributed by atoms with Crippen LogP contribution in [-0.2, 0) is 4.74 Å². The molecule has 5 nitrogen and oxygen atoms in total. The van der Waals surface area contributed by atoms with Gasteiger partial charge >= 0.3 is 5.97 Å². The lowest BCUT2D eigenvalue weighted by Gasteiger charge is -2.10. The van der Waals surface area contributed by atoms with E-state index in [2.05, 4.69) is 0 Å². The third kappa shape index (κ3) is 10.8. The van der Waals surface area contributed by atoms with E-state index < -0.39 is 0 Å². The number of carbonyl (C=O) groups is 1. The fraction of sp³-hybridized carbons (Fsp3) is 0.536. The van der Waals surface area contributed by atoms with Gasteiger partial charge in [0, 0.05) is 13.7 Å². The van der Waals surface area contributed by atoms with Crippen LogP contribution in [0.1, 0.15) is 80.1 Å². The standard InChI is InChI=1S/C28H40O5/c1-23-22-26(31-3)18-19-27(23)33-28(29)24-14-16-25(17-15-24)32-21-13-11-9-7-5-4-6-8-10-12-20-30-2/h14-19,22H,4-13,20-21H2,1-3H3.